The first-order chi connectivity index (χ1) is 9.62. The molecule has 1 heterocycles. The Morgan fingerprint density at radius 2 is 2.00 bits per heavy atom. The molecular weight excluding hydrogens is 260 g/mol. The highest BCUT2D eigenvalue weighted by atomic mass is 16.7. The number of methoxy groups -OCH3 is 2. The number of amides is 1. The van der Waals surface area contributed by atoms with Gasteiger partial charge in [-0.15, -0.1) is 0 Å². The van der Waals surface area contributed by atoms with Crippen molar-refractivity contribution in [3.05, 3.63) is 35.9 Å². The van der Waals surface area contributed by atoms with Crippen LogP contribution in [0.3, 0.4) is 0 Å². The maximum atomic E-state index is 10.1. The quantitative estimate of drug-likeness (QED) is 0.728. The first-order valence-corrected chi connectivity index (χ1v) is 6.43. The molecule has 1 aliphatic rings. The lowest BCUT2D eigenvalue weighted by Gasteiger charge is -2.23. The average Bonchev–Trinajstić information content (AvgIpc) is 2.96. The molecule has 20 heavy (non-hydrogen) atoms. The van der Waals surface area contributed by atoms with Gasteiger partial charge in [-0.3, -0.25) is 0 Å². The first-order valence-electron chi connectivity index (χ1n) is 6.43. The van der Waals surface area contributed by atoms with Crippen LogP contribution in [-0.2, 0) is 16.0 Å². The Labute approximate surface area is 119 Å². The molecule has 3 N–H and O–H groups in total. The fraction of sp³-hybridized carbons (Fsp3) is 0.500. The van der Waals surface area contributed by atoms with Crippen molar-refractivity contribution >= 4 is 6.09 Å². The lowest BCUT2D eigenvalue weighted by molar-refractivity contribution is -0.190. The molecule has 1 fully saturated rings. The lowest BCUT2D eigenvalue weighted by atomic mass is 10.2. The van der Waals surface area contributed by atoms with Gasteiger partial charge >= 0.3 is 6.09 Å². The van der Waals surface area contributed by atoms with Crippen LogP contribution in [0.15, 0.2) is 30.3 Å². The minimum atomic E-state index is -0.992. The average molecular weight is 282 g/mol. The van der Waals surface area contributed by atoms with Crippen LogP contribution in [0.1, 0.15) is 12.0 Å². The van der Waals surface area contributed by atoms with E-state index in [0.717, 1.165) is 25.1 Å². The lowest BCUT2D eigenvalue weighted by Crippen LogP contribution is -2.35. The third-order valence-electron chi connectivity index (χ3n) is 3.11. The van der Waals surface area contributed by atoms with E-state index in [1.165, 1.54) is 0 Å². The summed E-state index contributed by atoms with van der Waals surface area (Å²) in [5.41, 5.74) is 0.968. The van der Waals surface area contributed by atoms with Gasteiger partial charge in [-0.1, -0.05) is 30.3 Å². The number of rotatable bonds is 4. The summed E-state index contributed by atoms with van der Waals surface area (Å²) in [6, 6.07) is 9.38. The number of hydrogen-bond acceptors (Lipinski definition) is 4. The molecule has 0 saturated carbocycles. The highest BCUT2D eigenvalue weighted by molar-refractivity contribution is 5.64. The van der Waals surface area contributed by atoms with Gasteiger partial charge in [0, 0.05) is 40.3 Å². The van der Waals surface area contributed by atoms with Gasteiger partial charge in [0.15, 0.2) is 5.79 Å². The summed E-state index contributed by atoms with van der Waals surface area (Å²) in [5, 5.41) is 13.7. The van der Waals surface area contributed by atoms with Crippen molar-refractivity contribution in [2.24, 2.45) is 0 Å². The molecule has 1 aliphatic heterocycles. The van der Waals surface area contributed by atoms with Crippen molar-refractivity contribution in [3.63, 3.8) is 0 Å². The molecule has 112 valence electrons. The number of nitrogens with one attached hydrogen (secondary N) is 2. The van der Waals surface area contributed by atoms with Crippen molar-refractivity contribution < 1.29 is 19.4 Å². The topological polar surface area (TPSA) is 79.8 Å². The van der Waals surface area contributed by atoms with E-state index < -0.39 is 6.09 Å². The number of ether oxygens (including phenoxy) is 2. The number of carbonyl (C=O) groups is 1. The Morgan fingerprint density at radius 1 is 1.35 bits per heavy atom. The Balaban J connectivity index is 0.000000204. The predicted octanol–water partition coefficient (Wildman–Crippen LogP) is 1.42. The standard InChI is InChI=1S/C8H9NO2.C6H13NO2/c10-8(11)9-6-7-4-2-1-3-5-7;1-8-6(9-2)3-4-7-5-6/h1-5,9H,6H2,(H,10,11);7H,3-5H2,1-2H3. The zero-order valence-electron chi connectivity index (χ0n) is 11.9. The Bertz CT molecular complexity index is 385. The first kappa shape index (κ1) is 16.4. The van der Waals surface area contributed by atoms with Crippen LogP contribution in [0.25, 0.3) is 0 Å². The van der Waals surface area contributed by atoms with Crippen LogP contribution in [0.2, 0.25) is 0 Å². The van der Waals surface area contributed by atoms with Gasteiger partial charge in [-0.25, -0.2) is 4.79 Å². The molecule has 6 heteroatoms. The maximum absolute atomic E-state index is 10.1. The summed E-state index contributed by atoms with van der Waals surface area (Å²) in [6.07, 6.45) is -0.0474. The van der Waals surface area contributed by atoms with Gasteiger partial charge in [-0.2, -0.15) is 0 Å². The number of hydrogen-bond donors (Lipinski definition) is 3. The van der Waals surface area contributed by atoms with Gasteiger partial charge in [-0.05, 0) is 5.56 Å². The van der Waals surface area contributed by atoms with Crippen LogP contribution in [0.5, 0.6) is 0 Å². The number of benzene rings is 1. The highest BCUT2D eigenvalue weighted by Crippen LogP contribution is 2.18. The summed E-state index contributed by atoms with van der Waals surface area (Å²) in [5.74, 6) is -0.333. The minimum Gasteiger partial charge on any atom is -0.465 e. The molecule has 0 unspecified atom stereocenters. The zero-order chi connectivity index (χ0) is 14.8. The van der Waals surface area contributed by atoms with Gasteiger partial charge in [0.25, 0.3) is 0 Å². The molecule has 1 aromatic rings. The van der Waals surface area contributed by atoms with E-state index in [9.17, 15) is 4.79 Å². The Kier molecular flexibility index (Phi) is 7.00. The van der Waals surface area contributed by atoms with E-state index in [0.29, 0.717) is 6.54 Å². The molecule has 1 amide bonds. The van der Waals surface area contributed by atoms with E-state index in [1.54, 1.807) is 14.2 Å². The minimum absolute atomic E-state index is 0.333. The Morgan fingerprint density at radius 3 is 2.40 bits per heavy atom. The summed E-state index contributed by atoms with van der Waals surface area (Å²) >= 11 is 0. The molecule has 1 saturated heterocycles. The van der Waals surface area contributed by atoms with Crippen LogP contribution in [0, 0.1) is 0 Å². The zero-order valence-corrected chi connectivity index (χ0v) is 11.9. The molecule has 0 atom stereocenters. The maximum Gasteiger partial charge on any atom is 0.404 e. The van der Waals surface area contributed by atoms with Crippen molar-refractivity contribution in [1.29, 1.82) is 0 Å². The Hall–Kier alpha value is -1.63. The van der Waals surface area contributed by atoms with Crippen molar-refractivity contribution in [2.75, 3.05) is 27.3 Å². The molecule has 0 spiro atoms. The second-order valence-corrected chi connectivity index (χ2v) is 4.39. The van der Waals surface area contributed by atoms with E-state index in [4.69, 9.17) is 14.6 Å². The van der Waals surface area contributed by atoms with Crippen LogP contribution < -0.4 is 10.6 Å². The normalized spacial score (nSPS) is 16.1. The van der Waals surface area contributed by atoms with Crippen molar-refractivity contribution in [1.82, 2.24) is 10.6 Å². The second kappa shape index (κ2) is 8.52. The predicted molar refractivity (Wildman–Crippen MR) is 75.5 cm³/mol. The molecule has 1 aromatic carbocycles. The van der Waals surface area contributed by atoms with E-state index in [-0.39, 0.29) is 5.79 Å². The fourth-order valence-corrected chi connectivity index (χ4v) is 1.85. The third kappa shape index (κ3) is 5.56. The molecule has 0 aliphatic carbocycles. The molecule has 0 bridgehead atoms. The van der Waals surface area contributed by atoms with Gasteiger partial charge in [0.2, 0.25) is 0 Å². The summed E-state index contributed by atoms with van der Waals surface area (Å²) in [6.45, 7) is 2.16. The summed E-state index contributed by atoms with van der Waals surface area (Å²) < 4.78 is 10.3. The smallest absolute Gasteiger partial charge is 0.404 e. The summed E-state index contributed by atoms with van der Waals surface area (Å²) in [4.78, 5) is 10.1. The van der Waals surface area contributed by atoms with Crippen LogP contribution >= 0.6 is 0 Å². The van der Waals surface area contributed by atoms with E-state index in [1.807, 2.05) is 30.3 Å². The fourth-order valence-electron chi connectivity index (χ4n) is 1.85. The second-order valence-electron chi connectivity index (χ2n) is 4.39. The van der Waals surface area contributed by atoms with Crippen molar-refractivity contribution in [3.8, 4) is 0 Å². The van der Waals surface area contributed by atoms with Gasteiger partial charge in [0.1, 0.15) is 0 Å². The van der Waals surface area contributed by atoms with Gasteiger partial charge < -0.3 is 25.2 Å². The van der Waals surface area contributed by atoms with Crippen LogP contribution in [-0.4, -0.2) is 44.3 Å². The van der Waals surface area contributed by atoms with Gasteiger partial charge in [0.05, 0.1) is 0 Å². The third-order valence-corrected chi connectivity index (χ3v) is 3.11. The molecule has 2 rings (SSSR count). The molecular formula is C14H22N2O4. The van der Waals surface area contributed by atoms with Crippen molar-refractivity contribution in [2.45, 2.75) is 18.8 Å². The molecule has 6 nitrogen and oxygen atoms in total. The largest absolute Gasteiger partial charge is 0.465 e. The highest BCUT2D eigenvalue weighted by Gasteiger charge is 2.32. The van der Waals surface area contributed by atoms with E-state index in [2.05, 4.69) is 10.6 Å². The summed E-state index contributed by atoms with van der Waals surface area (Å²) in [7, 11) is 3.35. The monoisotopic (exact) mass is 282 g/mol. The van der Waals surface area contributed by atoms with E-state index >= 15 is 0 Å². The SMILES string of the molecule is COC1(OC)CCNC1.O=C(O)NCc1ccccc1. The number of carboxylic acid groups (broad SMARTS) is 1. The molecule has 0 aromatic heterocycles. The molecule has 0 radical (unpaired) electrons. The van der Waals surface area contributed by atoms with Crippen LogP contribution in [0.4, 0.5) is 4.79 Å².